The molecule has 0 fully saturated rings. The third kappa shape index (κ3) is 2.64. The standard InChI is InChI=1S/C15H18FN2O.BrH/c1-11(19)10-18-13-7-6-12(16)9-14(13)17-8-4-2-3-5-15(17)18;/h6-7,9H,2-5,8,10H2,1H3;1H/q+1;/p-1. The maximum atomic E-state index is 13.5. The number of rotatable bonds is 2. The quantitative estimate of drug-likeness (QED) is 0.669. The Morgan fingerprint density at radius 2 is 2.15 bits per heavy atom. The molecular formula is C15H18BrFN2O. The first-order valence-electron chi connectivity index (χ1n) is 6.87. The molecule has 5 heteroatoms. The first-order valence-corrected chi connectivity index (χ1v) is 6.87. The molecular weight excluding hydrogens is 323 g/mol. The first kappa shape index (κ1) is 15.2. The highest BCUT2D eigenvalue weighted by Gasteiger charge is 2.26. The summed E-state index contributed by atoms with van der Waals surface area (Å²) in [7, 11) is 0. The van der Waals surface area contributed by atoms with E-state index >= 15 is 0 Å². The molecule has 0 bridgehead atoms. The molecule has 2 aromatic rings. The van der Waals surface area contributed by atoms with E-state index in [1.165, 1.54) is 12.5 Å². The van der Waals surface area contributed by atoms with Gasteiger partial charge in [-0.15, -0.1) is 0 Å². The topological polar surface area (TPSA) is 25.9 Å². The fraction of sp³-hybridized carbons (Fsp3) is 0.467. The van der Waals surface area contributed by atoms with Crippen LogP contribution < -0.4 is 21.5 Å². The minimum atomic E-state index is -0.216. The third-order valence-corrected chi connectivity index (χ3v) is 3.81. The number of aryl methyl sites for hydroxylation is 1. The number of imidazole rings is 1. The van der Waals surface area contributed by atoms with E-state index in [0.29, 0.717) is 6.54 Å². The van der Waals surface area contributed by atoms with E-state index in [9.17, 15) is 9.18 Å². The Bertz CT molecular complexity index is 651. The fourth-order valence-electron chi connectivity index (χ4n) is 3.01. The van der Waals surface area contributed by atoms with Crippen molar-refractivity contribution in [3.05, 3.63) is 29.8 Å². The van der Waals surface area contributed by atoms with Crippen LogP contribution in [0.3, 0.4) is 0 Å². The minimum absolute atomic E-state index is 0. The number of carbonyl (C=O) groups excluding carboxylic acids is 1. The summed E-state index contributed by atoms with van der Waals surface area (Å²) in [6.45, 7) is 2.90. The lowest BCUT2D eigenvalue weighted by atomic mass is 10.2. The van der Waals surface area contributed by atoms with Crippen LogP contribution in [0.1, 0.15) is 32.0 Å². The molecule has 1 aliphatic rings. The summed E-state index contributed by atoms with van der Waals surface area (Å²) in [5, 5.41) is 0. The predicted molar refractivity (Wildman–Crippen MR) is 70.3 cm³/mol. The summed E-state index contributed by atoms with van der Waals surface area (Å²) in [6, 6.07) is 4.84. The van der Waals surface area contributed by atoms with Gasteiger partial charge in [0.1, 0.15) is 12.4 Å². The molecule has 2 heterocycles. The third-order valence-electron chi connectivity index (χ3n) is 3.81. The van der Waals surface area contributed by atoms with E-state index in [1.54, 1.807) is 19.1 Å². The van der Waals surface area contributed by atoms with Crippen molar-refractivity contribution in [3.63, 3.8) is 0 Å². The Balaban J connectivity index is 0.00000147. The molecule has 3 nitrogen and oxygen atoms in total. The largest absolute Gasteiger partial charge is 1.00 e. The van der Waals surface area contributed by atoms with Gasteiger partial charge >= 0.3 is 0 Å². The van der Waals surface area contributed by atoms with Crippen LogP contribution >= 0.6 is 0 Å². The van der Waals surface area contributed by atoms with Gasteiger partial charge in [-0.1, -0.05) is 0 Å². The van der Waals surface area contributed by atoms with Gasteiger partial charge in [-0.25, -0.2) is 13.5 Å². The van der Waals surface area contributed by atoms with Crippen LogP contribution in [0.15, 0.2) is 18.2 Å². The smallest absolute Gasteiger partial charge is 0.257 e. The highest BCUT2D eigenvalue weighted by Crippen LogP contribution is 2.21. The van der Waals surface area contributed by atoms with Crippen LogP contribution in [-0.2, 0) is 24.3 Å². The van der Waals surface area contributed by atoms with Gasteiger partial charge in [0.15, 0.2) is 16.8 Å². The number of fused-ring (bicyclic) bond motifs is 3. The molecule has 0 spiro atoms. The van der Waals surface area contributed by atoms with Crippen LogP contribution in [0, 0.1) is 5.82 Å². The lowest BCUT2D eigenvalue weighted by Crippen LogP contribution is -3.00. The second-order valence-corrected chi connectivity index (χ2v) is 5.30. The molecule has 0 aliphatic carbocycles. The summed E-state index contributed by atoms with van der Waals surface area (Å²) in [5.41, 5.74) is 1.88. The molecule has 108 valence electrons. The highest BCUT2D eigenvalue weighted by molar-refractivity contribution is 5.76. The van der Waals surface area contributed by atoms with Crippen LogP contribution in [0.5, 0.6) is 0 Å². The van der Waals surface area contributed by atoms with E-state index in [0.717, 1.165) is 42.7 Å². The fourth-order valence-corrected chi connectivity index (χ4v) is 3.01. The summed E-state index contributed by atoms with van der Waals surface area (Å²) >= 11 is 0. The maximum Gasteiger partial charge on any atom is 0.257 e. The van der Waals surface area contributed by atoms with E-state index in [2.05, 4.69) is 9.13 Å². The van der Waals surface area contributed by atoms with Crippen molar-refractivity contribution in [2.75, 3.05) is 0 Å². The number of Topliss-reactive ketones (excluding diaryl/α,β-unsaturated/α-hetero) is 1. The van der Waals surface area contributed by atoms with Gasteiger partial charge in [-0.3, -0.25) is 4.79 Å². The Kier molecular flexibility index (Phi) is 4.58. The lowest BCUT2D eigenvalue weighted by Gasteiger charge is -1.99. The van der Waals surface area contributed by atoms with Crippen molar-refractivity contribution < 1.29 is 30.7 Å². The van der Waals surface area contributed by atoms with Crippen molar-refractivity contribution in [1.82, 2.24) is 4.57 Å². The van der Waals surface area contributed by atoms with Gasteiger partial charge in [0.25, 0.3) is 5.82 Å². The van der Waals surface area contributed by atoms with E-state index in [-0.39, 0.29) is 28.6 Å². The first-order chi connectivity index (χ1) is 9.16. The molecule has 0 atom stereocenters. The van der Waals surface area contributed by atoms with E-state index < -0.39 is 0 Å². The summed E-state index contributed by atoms with van der Waals surface area (Å²) in [6.07, 6.45) is 4.41. The molecule has 1 aliphatic heterocycles. The molecule has 0 saturated heterocycles. The number of benzene rings is 1. The zero-order valence-corrected chi connectivity index (χ0v) is 13.1. The van der Waals surface area contributed by atoms with Gasteiger partial charge in [-0.05, 0) is 38.3 Å². The molecule has 0 amide bonds. The Labute approximate surface area is 128 Å². The van der Waals surface area contributed by atoms with Crippen molar-refractivity contribution >= 4 is 16.8 Å². The lowest BCUT2D eigenvalue weighted by molar-refractivity contribution is -0.666. The van der Waals surface area contributed by atoms with Gasteiger partial charge in [0, 0.05) is 12.5 Å². The monoisotopic (exact) mass is 340 g/mol. The number of nitrogens with zero attached hydrogens (tertiary/aromatic N) is 2. The maximum absolute atomic E-state index is 13.5. The molecule has 1 aromatic heterocycles. The summed E-state index contributed by atoms with van der Waals surface area (Å²) < 4.78 is 17.7. The number of carbonyl (C=O) groups is 1. The van der Waals surface area contributed by atoms with Crippen LogP contribution in [0.2, 0.25) is 0 Å². The second kappa shape index (κ2) is 6.04. The van der Waals surface area contributed by atoms with Crippen molar-refractivity contribution in [1.29, 1.82) is 0 Å². The summed E-state index contributed by atoms with van der Waals surface area (Å²) in [5.74, 6) is 1.08. The SMILES string of the molecule is CC(=O)C[n+]1c2n(c3cc(F)ccc31)CCCCC2.[Br-]. The van der Waals surface area contributed by atoms with E-state index in [4.69, 9.17) is 0 Å². The average Bonchev–Trinajstić information content (AvgIpc) is 2.55. The van der Waals surface area contributed by atoms with Gasteiger partial charge in [-0.2, -0.15) is 0 Å². The van der Waals surface area contributed by atoms with E-state index in [1.807, 2.05) is 0 Å². The Morgan fingerprint density at radius 1 is 1.35 bits per heavy atom. The number of hydrogen-bond acceptors (Lipinski definition) is 1. The summed E-state index contributed by atoms with van der Waals surface area (Å²) in [4.78, 5) is 11.5. The Morgan fingerprint density at radius 3 is 2.90 bits per heavy atom. The van der Waals surface area contributed by atoms with Crippen molar-refractivity contribution in [3.8, 4) is 0 Å². The normalized spacial score (nSPS) is 14.5. The van der Waals surface area contributed by atoms with Crippen LogP contribution in [-0.4, -0.2) is 10.4 Å². The molecule has 0 N–H and O–H groups in total. The number of ketones is 1. The molecule has 1 aromatic carbocycles. The molecule has 3 rings (SSSR count). The zero-order chi connectivity index (χ0) is 13.4. The molecule has 0 unspecified atom stereocenters. The molecule has 20 heavy (non-hydrogen) atoms. The van der Waals surface area contributed by atoms with Crippen molar-refractivity contribution in [2.24, 2.45) is 0 Å². The minimum Gasteiger partial charge on any atom is -1.00 e. The molecule has 0 radical (unpaired) electrons. The zero-order valence-electron chi connectivity index (χ0n) is 11.5. The van der Waals surface area contributed by atoms with Gasteiger partial charge in [0.05, 0.1) is 6.54 Å². The number of hydrogen-bond donors (Lipinski definition) is 0. The van der Waals surface area contributed by atoms with Crippen LogP contribution in [0.4, 0.5) is 4.39 Å². The average molecular weight is 341 g/mol. The highest BCUT2D eigenvalue weighted by atomic mass is 79.9. The number of halogens is 2. The number of aromatic nitrogens is 2. The van der Waals surface area contributed by atoms with Gasteiger partial charge < -0.3 is 17.0 Å². The van der Waals surface area contributed by atoms with Crippen LogP contribution in [0.25, 0.3) is 11.0 Å². The molecule has 0 saturated carbocycles. The predicted octanol–water partition coefficient (Wildman–Crippen LogP) is -0.613. The van der Waals surface area contributed by atoms with Crippen molar-refractivity contribution in [2.45, 2.75) is 45.7 Å². The van der Waals surface area contributed by atoms with Gasteiger partial charge in [0.2, 0.25) is 0 Å². The second-order valence-electron chi connectivity index (χ2n) is 5.30. The Hall–Kier alpha value is -1.23.